The first kappa shape index (κ1) is 15.4. The second-order valence-corrected chi connectivity index (χ2v) is 5.97. The first-order valence-electron chi connectivity index (χ1n) is 7.44. The first-order valence-corrected chi connectivity index (χ1v) is 7.44. The number of piperidine rings is 1. The highest BCUT2D eigenvalue weighted by molar-refractivity contribution is 5.87. The molecular formula is C16H29NO. The molecule has 0 unspecified atom stereocenters. The molecule has 0 aromatic rings. The summed E-state index contributed by atoms with van der Waals surface area (Å²) in [6.45, 7) is 13.5. The lowest BCUT2D eigenvalue weighted by atomic mass is 9.71. The Balaban J connectivity index is 2.78. The largest absolute Gasteiger partial charge is 0.302 e. The van der Waals surface area contributed by atoms with Gasteiger partial charge in [-0.25, -0.2) is 0 Å². The van der Waals surface area contributed by atoms with Crippen LogP contribution in [0.25, 0.3) is 0 Å². The van der Waals surface area contributed by atoms with Crippen molar-refractivity contribution in [2.24, 2.45) is 5.41 Å². The molecule has 0 aliphatic carbocycles. The van der Waals surface area contributed by atoms with Gasteiger partial charge in [0.05, 0.1) is 0 Å². The Morgan fingerprint density at radius 3 is 2.61 bits per heavy atom. The van der Waals surface area contributed by atoms with Gasteiger partial charge in [0.15, 0.2) is 0 Å². The molecular weight excluding hydrogens is 222 g/mol. The number of hydrogen-bond acceptors (Lipinski definition) is 2. The van der Waals surface area contributed by atoms with Crippen molar-refractivity contribution in [2.75, 3.05) is 19.6 Å². The van der Waals surface area contributed by atoms with Crippen LogP contribution >= 0.6 is 0 Å². The molecule has 0 spiro atoms. The van der Waals surface area contributed by atoms with Crippen LogP contribution in [0.15, 0.2) is 12.2 Å². The summed E-state index contributed by atoms with van der Waals surface area (Å²) >= 11 is 0. The van der Waals surface area contributed by atoms with Crippen LogP contribution in [-0.4, -0.2) is 30.3 Å². The number of rotatable bonds is 7. The fourth-order valence-corrected chi connectivity index (χ4v) is 3.25. The normalized spacial score (nSPS) is 25.1. The number of hydrogen-bond donors (Lipinski definition) is 0. The van der Waals surface area contributed by atoms with E-state index in [0.717, 1.165) is 37.9 Å². The van der Waals surface area contributed by atoms with Gasteiger partial charge in [-0.05, 0) is 45.7 Å². The summed E-state index contributed by atoms with van der Waals surface area (Å²) in [6.07, 6.45) is 6.13. The van der Waals surface area contributed by atoms with Gasteiger partial charge in [-0.2, -0.15) is 0 Å². The minimum atomic E-state index is -0.0822. The van der Waals surface area contributed by atoms with Gasteiger partial charge in [-0.1, -0.05) is 32.4 Å². The highest BCUT2D eigenvalue weighted by Crippen LogP contribution is 2.37. The maximum atomic E-state index is 12.6. The molecule has 0 radical (unpaired) electrons. The first-order chi connectivity index (χ1) is 8.54. The Morgan fingerprint density at radius 2 is 2.06 bits per heavy atom. The molecule has 2 nitrogen and oxygen atoms in total. The summed E-state index contributed by atoms with van der Waals surface area (Å²) in [7, 11) is 0. The molecule has 0 aromatic carbocycles. The van der Waals surface area contributed by atoms with Gasteiger partial charge in [0.25, 0.3) is 0 Å². The second-order valence-electron chi connectivity index (χ2n) is 5.97. The van der Waals surface area contributed by atoms with Crippen LogP contribution in [0.2, 0.25) is 0 Å². The number of carbonyl (C=O) groups is 1. The molecule has 1 rings (SSSR count). The third-order valence-electron chi connectivity index (χ3n) is 3.98. The van der Waals surface area contributed by atoms with Gasteiger partial charge in [-0.15, -0.1) is 0 Å². The van der Waals surface area contributed by atoms with Crippen molar-refractivity contribution in [3.63, 3.8) is 0 Å². The maximum absolute atomic E-state index is 12.6. The summed E-state index contributed by atoms with van der Waals surface area (Å²) in [6, 6.07) is 0. The van der Waals surface area contributed by atoms with Crippen molar-refractivity contribution in [3.05, 3.63) is 12.2 Å². The molecule has 1 saturated heterocycles. The van der Waals surface area contributed by atoms with Gasteiger partial charge in [0, 0.05) is 18.4 Å². The van der Waals surface area contributed by atoms with E-state index in [0.29, 0.717) is 12.2 Å². The fraction of sp³-hybridized carbons (Fsp3) is 0.812. The summed E-state index contributed by atoms with van der Waals surface area (Å²) in [5.41, 5.74) is 0.921. The predicted octanol–water partition coefficient (Wildman–Crippen LogP) is 3.81. The van der Waals surface area contributed by atoms with Crippen molar-refractivity contribution in [1.29, 1.82) is 0 Å². The van der Waals surface area contributed by atoms with Gasteiger partial charge in [0.1, 0.15) is 5.78 Å². The predicted molar refractivity (Wildman–Crippen MR) is 77.7 cm³/mol. The van der Waals surface area contributed by atoms with Crippen LogP contribution in [0, 0.1) is 5.41 Å². The van der Waals surface area contributed by atoms with Crippen LogP contribution in [0.3, 0.4) is 0 Å². The van der Waals surface area contributed by atoms with Gasteiger partial charge >= 0.3 is 0 Å². The Morgan fingerprint density at radius 1 is 1.33 bits per heavy atom. The van der Waals surface area contributed by atoms with Crippen molar-refractivity contribution in [2.45, 2.75) is 59.3 Å². The molecule has 0 saturated carbocycles. The van der Waals surface area contributed by atoms with E-state index in [1.165, 1.54) is 19.4 Å². The average Bonchev–Trinajstić information content (AvgIpc) is 2.29. The molecule has 104 valence electrons. The average molecular weight is 251 g/mol. The molecule has 1 fully saturated rings. The number of ketones is 1. The van der Waals surface area contributed by atoms with Crippen LogP contribution in [0.5, 0.6) is 0 Å². The third-order valence-corrected chi connectivity index (χ3v) is 3.98. The van der Waals surface area contributed by atoms with Crippen molar-refractivity contribution < 1.29 is 4.79 Å². The van der Waals surface area contributed by atoms with Crippen molar-refractivity contribution >= 4 is 5.78 Å². The van der Waals surface area contributed by atoms with E-state index in [1.807, 2.05) is 6.92 Å². The number of nitrogens with zero attached hydrogens (tertiary/aromatic N) is 1. The summed E-state index contributed by atoms with van der Waals surface area (Å²) < 4.78 is 0. The van der Waals surface area contributed by atoms with E-state index in [-0.39, 0.29) is 5.41 Å². The molecule has 0 amide bonds. The fourth-order valence-electron chi connectivity index (χ4n) is 3.25. The molecule has 2 heteroatoms. The lowest BCUT2D eigenvalue weighted by molar-refractivity contribution is -0.132. The van der Waals surface area contributed by atoms with Crippen molar-refractivity contribution in [3.8, 4) is 0 Å². The Bertz CT molecular complexity index is 291. The number of allylic oxidation sites excluding steroid dienone is 1. The lowest BCUT2D eigenvalue weighted by Gasteiger charge is -2.42. The Hall–Kier alpha value is -0.630. The lowest BCUT2D eigenvalue weighted by Crippen LogP contribution is -2.48. The zero-order chi connectivity index (χ0) is 13.6. The van der Waals surface area contributed by atoms with E-state index < -0.39 is 0 Å². The van der Waals surface area contributed by atoms with Crippen LogP contribution < -0.4 is 0 Å². The molecule has 18 heavy (non-hydrogen) atoms. The van der Waals surface area contributed by atoms with Gasteiger partial charge in [0.2, 0.25) is 0 Å². The molecule has 1 heterocycles. The highest BCUT2D eigenvalue weighted by atomic mass is 16.1. The molecule has 0 bridgehead atoms. The minimum Gasteiger partial charge on any atom is -0.302 e. The van der Waals surface area contributed by atoms with Crippen LogP contribution in [0.1, 0.15) is 59.3 Å². The number of likely N-dealkylation sites (tertiary alicyclic amines) is 1. The van der Waals surface area contributed by atoms with E-state index in [4.69, 9.17) is 0 Å². The summed E-state index contributed by atoms with van der Waals surface area (Å²) in [4.78, 5) is 15.1. The Kier molecular flexibility index (Phi) is 6.07. The summed E-state index contributed by atoms with van der Waals surface area (Å²) in [5, 5.41) is 0. The van der Waals surface area contributed by atoms with Crippen LogP contribution in [-0.2, 0) is 4.79 Å². The molecule has 1 aliphatic heterocycles. The monoisotopic (exact) mass is 251 g/mol. The minimum absolute atomic E-state index is 0.0822. The molecule has 1 atom stereocenters. The third kappa shape index (κ3) is 3.94. The Labute approximate surface area is 112 Å². The highest BCUT2D eigenvalue weighted by Gasteiger charge is 2.40. The zero-order valence-corrected chi connectivity index (χ0v) is 12.4. The second kappa shape index (κ2) is 7.08. The smallest absolute Gasteiger partial charge is 0.144 e. The summed E-state index contributed by atoms with van der Waals surface area (Å²) in [5.74, 6) is 0.428. The van der Waals surface area contributed by atoms with Crippen LogP contribution in [0.4, 0.5) is 0 Å². The van der Waals surface area contributed by atoms with E-state index in [1.54, 1.807) is 0 Å². The number of Topliss-reactive ketones (excluding diaryl/α,β-unsaturated/α-hetero) is 1. The van der Waals surface area contributed by atoms with Gasteiger partial charge in [-0.3, -0.25) is 4.79 Å². The quantitative estimate of drug-likeness (QED) is 0.641. The molecule has 1 aliphatic rings. The topological polar surface area (TPSA) is 20.3 Å². The standard InChI is InChI=1S/C16H29NO/c1-5-8-16(15(18)12-14(3)4)9-7-11-17(13-16)10-6-2/h3,5-13H2,1-2,4H3/t16-/m0/s1. The maximum Gasteiger partial charge on any atom is 0.144 e. The van der Waals surface area contributed by atoms with E-state index in [9.17, 15) is 4.79 Å². The van der Waals surface area contributed by atoms with Crippen molar-refractivity contribution in [1.82, 2.24) is 4.90 Å². The number of carbonyl (C=O) groups excluding carboxylic acids is 1. The zero-order valence-electron chi connectivity index (χ0n) is 12.4. The van der Waals surface area contributed by atoms with Gasteiger partial charge < -0.3 is 4.90 Å². The molecule has 0 aromatic heterocycles. The van der Waals surface area contributed by atoms with E-state index >= 15 is 0 Å². The van der Waals surface area contributed by atoms with E-state index in [2.05, 4.69) is 25.3 Å². The molecule has 0 N–H and O–H groups in total. The SMILES string of the molecule is C=C(C)CC(=O)[C@@]1(CCC)CCCN(CCC)C1.